The summed E-state index contributed by atoms with van der Waals surface area (Å²) in [7, 11) is 0. The Bertz CT molecular complexity index is 872. The fourth-order valence-corrected chi connectivity index (χ4v) is 3.90. The molecule has 1 aromatic heterocycles. The number of carbonyl (C=O) groups is 1. The molecule has 1 aromatic carbocycles. The molecule has 1 heterocycles. The molecule has 0 saturated heterocycles. The highest BCUT2D eigenvalue weighted by atomic mass is 16.5. The Kier molecular flexibility index (Phi) is 11.6. The van der Waals surface area contributed by atoms with E-state index in [0.717, 1.165) is 43.2 Å². The molecule has 0 aliphatic heterocycles. The molecule has 0 saturated carbocycles. The maximum Gasteiger partial charge on any atom is 0.331 e. The molecule has 0 aliphatic carbocycles. The van der Waals surface area contributed by atoms with E-state index in [9.17, 15) is 10.1 Å². The van der Waals surface area contributed by atoms with Crippen molar-refractivity contribution in [3.63, 3.8) is 0 Å². The maximum atomic E-state index is 12.8. The normalized spacial score (nSPS) is 12.7. The molecule has 5 nitrogen and oxygen atoms in total. The molecule has 178 valence electrons. The Morgan fingerprint density at radius 1 is 0.909 bits per heavy atom. The third kappa shape index (κ3) is 8.28. The van der Waals surface area contributed by atoms with Crippen molar-refractivity contribution in [1.82, 2.24) is 9.97 Å². The lowest BCUT2D eigenvalue weighted by molar-refractivity contribution is -0.143. The number of unbranched alkanes of at least 4 members (excludes halogenated alkanes) is 7. The van der Waals surface area contributed by atoms with Crippen LogP contribution in [0.4, 0.5) is 0 Å². The van der Waals surface area contributed by atoms with Crippen LogP contribution in [0, 0.1) is 16.7 Å². The minimum Gasteiger partial charge on any atom is -0.425 e. The van der Waals surface area contributed by atoms with Gasteiger partial charge in [-0.3, -0.25) is 0 Å². The summed E-state index contributed by atoms with van der Waals surface area (Å²) in [4.78, 5) is 21.8. The summed E-state index contributed by atoms with van der Waals surface area (Å²) < 4.78 is 5.60. The monoisotopic (exact) mass is 449 g/mol. The van der Waals surface area contributed by atoms with Gasteiger partial charge in [-0.2, -0.15) is 5.26 Å². The van der Waals surface area contributed by atoms with E-state index < -0.39 is 11.4 Å². The maximum absolute atomic E-state index is 12.8. The zero-order valence-corrected chi connectivity index (χ0v) is 20.6. The number of benzene rings is 1. The van der Waals surface area contributed by atoms with Crippen LogP contribution in [0.5, 0.6) is 5.75 Å². The summed E-state index contributed by atoms with van der Waals surface area (Å²) in [6.07, 6.45) is 16.2. The van der Waals surface area contributed by atoms with E-state index in [4.69, 9.17) is 4.74 Å². The molecule has 0 N–H and O–H groups in total. The second-order valence-electron chi connectivity index (χ2n) is 8.85. The van der Waals surface area contributed by atoms with Crippen LogP contribution in [0.2, 0.25) is 0 Å². The topological polar surface area (TPSA) is 75.9 Å². The van der Waals surface area contributed by atoms with Crippen molar-refractivity contribution in [2.45, 2.75) is 97.8 Å². The average molecular weight is 450 g/mol. The van der Waals surface area contributed by atoms with E-state index in [1.165, 1.54) is 32.1 Å². The van der Waals surface area contributed by atoms with Crippen molar-refractivity contribution >= 4 is 5.97 Å². The van der Waals surface area contributed by atoms with Crippen LogP contribution in [0.25, 0.3) is 11.4 Å². The molecule has 1 atom stereocenters. The number of ether oxygens (including phenoxy) is 1. The molecule has 0 radical (unpaired) electrons. The zero-order chi connectivity index (χ0) is 23.9. The number of nitrogens with zero attached hydrogens (tertiary/aromatic N) is 3. The molecule has 0 fully saturated rings. The van der Waals surface area contributed by atoms with Gasteiger partial charge in [0.15, 0.2) is 11.2 Å². The van der Waals surface area contributed by atoms with E-state index in [2.05, 4.69) is 29.9 Å². The molecular weight excluding hydrogens is 410 g/mol. The lowest BCUT2D eigenvalue weighted by Crippen LogP contribution is -2.33. The first-order chi connectivity index (χ1) is 16.1. The van der Waals surface area contributed by atoms with Gasteiger partial charge in [-0.05, 0) is 55.5 Å². The molecule has 0 bridgehead atoms. The summed E-state index contributed by atoms with van der Waals surface area (Å²) in [6, 6.07) is 9.42. The Labute approximate surface area is 199 Å². The van der Waals surface area contributed by atoms with Crippen LogP contribution >= 0.6 is 0 Å². The number of rotatable bonds is 15. The van der Waals surface area contributed by atoms with Gasteiger partial charge in [0.25, 0.3) is 0 Å². The van der Waals surface area contributed by atoms with Gasteiger partial charge in [-0.25, -0.2) is 14.8 Å². The van der Waals surface area contributed by atoms with E-state index in [1.54, 1.807) is 12.1 Å². The van der Waals surface area contributed by atoms with E-state index in [0.29, 0.717) is 24.4 Å². The molecule has 5 heteroatoms. The van der Waals surface area contributed by atoms with Gasteiger partial charge in [0.2, 0.25) is 0 Å². The van der Waals surface area contributed by atoms with Gasteiger partial charge in [-0.15, -0.1) is 0 Å². The van der Waals surface area contributed by atoms with Crippen molar-refractivity contribution in [3.8, 4) is 23.2 Å². The van der Waals surface area contributed by atoms with Crippen molar-refractivity contribution in [3.05, 3.63) is 42.2 Å². The van der Waals surface area contributed by atoms with Gasteiger partial charge < -0.3 is 4.74 Å². The fraction of sp³-hybridized carbons (Fsp3) is 0.571. The average Bonchev–Trinajstić information content (AvgIpc) is 2.85. The first kappa shape index (κ1) is 26.5. The highest BCUT2D eigenvalue weighted by Gasteiger charge is 2.38. The molecular formula is C28H39N3O2. The standard InChI is InChI=1S/C28H39N3O2/c1-4-7-9-11-12-14-23-20-30-26(31-21-23)24-15-17-25(18-16-24)33-27(32)28(6-3,22-29)19-13-10-8-5-2/h15-18,20-21H,4-14,19H2,1-3H3. The largest absolute Gasteiger partial charge is 0.425 e. The summed E-state index contributed by atoms with van der Waals surface area (Å²) in [5.74, 6) is 0.629. The predicted octanol–water partition coefficient (Wildman–Crippen LogP) is 7.45. The van der Waals surface area contributed by atoms with E-state index >= 15 is 0 Å². The van der Waals surface area contributed by atoms with Gasteiger partial charge in [0.05, 0.1) is 6.07 Å². The van der Waals surface area contributed by atoms with Crippen molar-refractivity contribution < 1.29 is 9.53 Å². The number of aryl methyl sites for hydroxylation is 1. The summed E-state index contributed by atoms with van der Waals surface area (Å²) in [6.45, 7) is 6.24. The number of nitriles is 1. The first-order valence-corrected chi connectivity index (χ1v) is 12.6. The van der Waals surface area contributed by atoms with Gasteiger partial charge >= 0.3 is 5.97 Å². The number of hydrogen-bond donors (Lipinski definition) is 0. The molecule has 0 spiro atoms. The Morgan fingerprint density at radius 2 is 1.52 bits per heavy atom. The number of aromatic nitrogens is 2. The summed E-state index contributed by atoms with van der Waals surface area (Å²) in [5.41, 5.74) is 0.945. The third-order valence-corrected chi connectivity index (χ3v) is 6.26. The lowest BCUT2D eigenvalue weighted by atomic mass is 9.81. The Balaban J connectivity index is 1.94. The van der Waals surface area contributed by atoms with Gasteiger partial charge in [0, 0.05) is 18.0 Å². The third-order valence-electron chi connectivity index (χ3n) is 6.26. The molecule has 2 aromatic rings. The quantitative estimate of drug-likeness (QED) is 0.160. The van der Waals surface area contributed by atoms with E-state index in [1.807, 2.05) is 31.5 Å². The molecule has 1 unspecified atom stereocenters. The van der Waals surface area contributed by atoms with Crippen molar-refractivity contribution in [2.75, 3.05) is 0 Å². The molecule has 0 aliphatic rings. The highest BCUT2D eigenvalue weighted by Crippen LogP contribution is 2.31. The second-order valence-corrected chi connectivity index (χ2v) is 8.85. The summed E-state index contributed by atoms with van der Waals surface area (Å²) >= 11 is 0. The summed E-state index contributed by atoms with van der Waals surface area (Å²) in [5, 5.41) is 9.72. The minimum absolute atomic E-state index is 0.439. The first-order valence-electron chi connectivity index (χ1n) is 12.6. The van der Waals surface area contributed by atoms with Crippen LogP contribution in [-0.4, -0.2) is 15.9 Å². The van der Waals surface area contributed by atoms with Crippen molar-refractivity contribution in [1.29, 1.82) is 5.26 Å². The predicted molar refractivity (Wildman–Crippen MR) is 133 cm³/mol. The molecule has 33 heavy (non-hydrogen) atoms. The Morgan fingerprint density at radius 3 is 2.09 bits per heavy atom. The SMILES string of the molecule is CCCCCCCc1cnc(-c2ccc(OC(=O)C(C#N)(CC)CCCCCC)cc2)nc1. The van der Waals surface area contributed by atoms with Crippen LogP contribution in [-0.2, 0) is 11.2 Å². The smallest absolute Gasteiger partial charge is 0.331 e. The number of hydrogen-bond acceptors (Lipinski definition) is 5. The van der Waals surface area contributed by atoms with E-state index in [-0.39, 0.29) is 0 Å². The minimum atomic E-state index is -1.08. The van der Waals surface area contributed by atoms with Crippen LogP contribution < -0.4 is 4.74 Å². The highest BCUT2D eigenvalue weighted by molar-refractivity contribution is 5.82. The van der Waals surface area contributed by atoms with Crippen LogP contribution in [0.1, 0.15) is 97.0 Å². The van der Waals surface area contributed by atoms with Crippen LogP contribution in [0.3, 0.4) is 0 Å². The number of esters is 1. The van der Waals surface area contributed by atoms with Crippen LogP contribution in [0.15, 0.2) is 36.7 Å². The molecule has 0 amide bonds. The second kappa shape index (κ2) is 14.4. The fourth-order valence-electron chi connectivity index (χ4n) is 3.90. The number of carbonyl (C=O) groups excluding carboxylic acids is 1. The van der Waals surface area contributed by atoms with Gasteiger partial charge in [0.1, 0.15) is 5.75 Å². The Hall–Kier alpha value is -2.74. The zero-order valence-electron chi connectivity index (χ0n) is 20.6. The van der Waals surface area contributed by atoms with Gasteiger partial charge in [-0.1, -0.05) is 72.1 Å². The molecule has 2 rings (SSSR count). The van der Waals surface area contributed by atoms with Crippen molar-refractivity contribution in [2.24, 2.45) is 5.41 Å². The lowest BCUT2D eigenvalue weighted by Gasteiger charge is -2.22.